The van der Waals surface area contributed by atoms with Gasteiger partial charge >= 0.3 is 0 Å². The summed E-state index contributed by atoms with van der Waals surface area (Å²) in [7, 11) is 1.72. The Balaban J connectivity index is 0.00000364. The molecule has 1 saturated heterocycles. The Kier molecular flexibility index (Phi) is 10.6. The van der Waals surface area contributed by atoms with Crippen molar-refractivity contribution in [1.82, 2.24) is 15.5 Å². The summed E-state index contributed by atoms with van der Waals surface area (Å²) in [5.41, 5.74) is 1.19. The number of guanidine groups is 1. The second-order valence-corrected chi connectivity index (χ2v) is 6.58. The summed E-state index contributed by atoms with van der Waals surface area (Å²) in [6.45, 7) is 9.89. The topological polar surface area (TPSA) is 48.9 Å². The van der Waals surface area contributed by atoms with E-state index in [4.69, 9.17) is 4.74 Å². The highest BCUT2D eigenvalue weighted by Crippen LogP contribution is 2.15. The van der Waals surface area contributed by atoms with Gasteiger partial charge in [0.25, 0.3) is 0 Å². The Morgan fingerprint density at radius 3 is 2.59 bits per heavy atom. The van der Waals surface area contributed by atoms with E-state index in [0.717, 1.165) is 50.6 Å². The molecule has 1 aromatic rings. The molecular formula is C19H29F2IN4O. The summed E-state index contributed by atoms with van der Waals surface area (Å²) < 4.78 is 31.4. The Bertz CT molecular complexity index is 634. The summed E-state index contributed by atoms with van der Waals surface area (Å²) in [6.07, 6.45) is 2.11. The van der Waals surface area contributed by atoms with Gasteiger partial charge in [-0.1, -0.05) is 12.2 Å². The van der Waals surface area contributed by atoms with E-state index in [-0.39, 0.29) is 24.0 Å². The van der Waals surface area contributed by atoms with E-state index in [1.54, 1.807) is 7.05 Å². The van der Waals surface area contributed by atoms with Crippen molar-refractivity contribution >= 4 is 29.9 Å². The molecule has 0 unspecified atom stereocenters. The van der Waals surface area contributed by atoms with Gasteiger partial charge < -0.3 is 15.4 Å². The van der Waals surface area contributed by atoms with E-state index >= 15 is 0 Å². The van der Waals surface area contributed by atoms with Gasteiger partial charge in [-0.25, -0.2) is 8.78 Å². The first-order chi connectivity index (χ1) is 12.5. The second-order valence-electron chi connectivity index (χ2n) is 6.58. The molecule has 1 aliphatic heterocycles. The zero-order valence-electron chi connectivity index (χ0n) is 15.9. The number of aliphatic imine (C=N–C) groups is 1. The molecule has 2 rings (SSSR count). The fourth-order valence-electron chi connectivity index (χ4n) is 2.91. The highest BCUT2D eigenvalue weighted by molar-refractivity contribution is 14.0. The minimum absolute atomic E-state index is 0. The van der Waals surface area contributed by atoms with Crippen LogP contribution in [0, 0.1) is 11.6 Å². The van der Waals surface area contributed by atoms with Crippen molar-refractivity contribution in [3.8, 4) is 5.75 Å². The third-order valence-electron chi connectivity index (χ3n) is 4.20. The molecule has 0 atom stereocenters. The molecular weight excluding hydrogens is 465 g/mol. The van der Waals surface area contributed by atoms with Gasteiger partial charge in [0, 0.05) is 38.8 Å². The molecule has 0 spiro atoms. The SMILES string of the molecule is C=C(C)CN1CCC(NC(=NC)NCCOc2ccc(F)c(F)c2)CC1.I. The van der Waals surface area contributed by atoms with Gasteiger partial charge in [-0.2, -0.15) is 0 Å². The molecule has 1 aliphatic rings. The van der Waals surface area contributed by atoms with Gasteiger partial charge in [0.15, 0.2) is 17.6 Å². The quantitative estimate of drug-likeness (QED) is 0.201. The summed E-state index contributed by atoms with van der Waals surface area (Å²) in [5, 5.41) is 6.59. The number of hydrogen-bond donors (Lipinski definition) is 2. The Morgan fingerprint density at radius 1 is 1.30 bits per heavy atom. The number of nitrogens with one attached hydrogen (secondary N) is 2. The average molecular weight is 494 g/mol. The van der Waals surface area contributed by atoms with Crippen LogP contribution < -0.4 is 15.4 Å². The molecule has 1 heterocycles. The molecule has 152 valence electrons. The van der Waals surface area contributed by atoms with Gasteiger partial charge in [0.2, 0.25) is 0 Å². The van der Waals surface area contributed by atoms with Crippen molar-refractivity contribution in [1.29, 1.82) is 0 Å². The maximum atomic E-state index is 13.1. The van der Waals surface area contributed by atoms with Crippen LogP contribution in [0.2, 0.25) is 0 Å². The standard InChI is InChI=1S/C19H28F2N4O.HI/c1-14(2)13-25-9-6-15(7-10-25)24-19(22-3)23-8-11-26-16-4-5-17(20)18(21)12-16;/h4-5,12,15H,1,6-11,13H2,2-3H3,(H2,22,23,24);1H. The van der Waals surface area contributed by atoms with Gasteiger partial charge in [-0.15, -0.1) is 24.0 Å². The summed E-state index contributed by atoms with van der Waals surface area (Å²) >= 11 is 0. The minimum Gasteiger partial charge on any atom is -0.492 e. The van der Waals surface area contributed by atoms with E-state index < -0.39 is 11.6 Å². The summed E-state index contributed by atoms with van der Waals surface area (Å²) in [5.74, 6) is -0.768. The lowest BCUT2D eigenvalue weighted by atomic mass is 10.0. The van der Waals surface area contributed by atoms with Crippen LogP contribution in [0.1, 0.15) is 19.8 Å². The Morgan fingerprint density at radius 2 is 2.00 bits per heavy atom. The van der Waals surface area contributed by atoms with Gasteiger partial charge in [-0.3, -0.25) is 9.89 Å². The molecule has 1 aromatic carbocycles. The zero-order valence-corrected chi connectivity index (χ0v) is 18.3. The van der Waals surface area contributed by atoms with Crippen LogP contribution in [-0.4, -0.2) is 56.7 Å². The van der Waals surface area contributed by atoms with Crippen molar-refractivity contribution < 1.29 is 13.5 Å². The average Bonchev–Trinajstić information content (AvgIpc) is 2.61. The summed E-state index contributed by atoms with van der Waals surface area (Å²) in [4.78, 5) is 6.63. The molecule has 0 amide bonds. The molecule has 0 saturated carbocycles. The largest absolute Gasteiger partial charge is 0.492 e. The van der Waals surface area contributed by atoms with Crippen LogP contribution in [0.15, 0.2) is 35.3 Å². The van der Waals surface area contributed by atoms with Gasteiger partial charge in [-0.05, 0) is 31.9 Å². The maximum absolute atomic E-state index is 13.1. The first kappa shape index (κ1) is 23.6. The van der Waals surface area contributed by atoms with E-state index in [1.165, 1.54) is 11.6 Å². The first-order valence-corrected chi connectivity index (χ1v) is 8.89. The zero-order chi connectivity index (χ0) is 18.9. The predicted molar refractivity (Wildman–Crippen MR) is 116 cm³/mol. The van der Waals surface area contributed by atoms with Crippen LogP contribution in [0.3, 0.4) is 0 Å². The fraction of sp³-hybridized carbons (Fsp3) is 0.526. The first-order valence-electron chi connectivity index (χ1n) is 8.89. The van der Waals surface area contributed by atoms with E-state index in [0.29, 0.717) is 24.9 Å². The number of likely N-dealkylation sites (tertiary alicyclic amines) is 1. The number of benzene rings is 1. The van der Waals surface area contributed by atoms with Crippen molar-refractivity contribution in [3.05, 3.63) is 42.0 Å². The third-order valence-corrected chi connectivity index (χ3v) is 4.20. The molecule has 0 radical (unpaired) electrons. The Hall–Kier alpha value is -1.42. The van der Waals surface area contributed by atoms with Crippen molar-refractivity contribution in [2.24, 2.45) is 4.99 Å². The molecule has 1 fully saturated rings. The monoisotopic (exact) mass is 494 g/mol. The smallest absolute Gasteiger partial charge is 0.191 e. The lowest BCUT2D eigenvalue weighted by Crippen LogP contribution is -2.49. The molecule has 0 aromatic heterocycles. The maximum Gasteiger partial charge on any atom is 0.191 e. The normalized spacial score (nSPS) is 15.8. The summed E-state index contributed by atoms with van der Waals surface area (Å²) in [6, 6.07) is 3.89. The van der Waals surface area contributed by atoms with Crippen molar-refractivity contribution in [2.75, 3.05) is 39.8 Å². The van der Waals surface area contributed by atoms with E-state index in [9.17, 15) is 8.78 Å². The molecule has 0 aliphatic carbocycles. The fourth-order valence-corrected chi connectivity index (χ4v) is 2.91. The second kappa shape index (κ2) is 12.1. The van der Waals surface area contributed by atoms with Crippen LogP contribution >= 0.6 is 24.0 Å². The van der Waals surface area contributed by atoms with Gasteiger partial charge in [0.05, 0.1) is 6.54 Å². The number of halogens is 3. The number of hydrogen-bond acceptors (Lipinski definition) is 3. The molecule has 0 bridgehead atoms. The van der Waals surface area contributed by atoms with Crippen LogP contribution in [0.4, 0.5) is 8.78 Å². The molecule has 27 heavy (non-hydrogen) atoms. The number of rotatable bonds is 7. The number of piperidine rings is 1. The van der Waals surface area contributed by atoms with Crippen LogP contribution in [0.25, 0.3) is 0 Å². The molecule has 8 heteroatoms. The van der Waals surface area contributed by atoms with Gasteiger partial charge in [0.1, 0.15) is 12.4 Å². The predicted octanol–water partition coefficient (Wildman–Crippen LogP) is 3.17. The van der Waals surface area contributed by atoms with Crippen molar-refractivity contribution in [3.63, 3.8) is 0 Å². The van der Waals surface area contributed by atoms with Crippen LogP contribution in [0.5, 0.6) is 5.75 Å². The van der Waals surface area contributed by atoms with Crippen LogP contribution in [-0.2, 0) is 0 Å². The highest BCUT2D eigenvalue weighted by Gasteiger charge is 2.19. The minimum atomic E-state index is -0.911. The van der Waals surface area contributed by atoms with E-state index in [1.807, 2.05) is 0 Å². The highest BCUT2D eigenvalue weighted by atomic mass is 127. The lowest BCUT2D eigenvalue weighted by Gasteiger charge is -2.33. The number of ether oxygens (including phenoxy) is 1. The van der Waals surface area contributed by atoms with E-state index in [2.05, 4.69) is 34.0 Å². The molecule has 2 N–H and O–H groups in total. The third kappa shape index (κ3) is 8.42. The van der Waals surface area contributed by atoms with Crippen molar-refractivity contribution in [2.45, 2.75) is 25.8 Å². The Labute approximate surface area is 177 Å². The number of nitrogens with zero attached hydrogens (tertiary/aromatic N) is 2. The molecule has 5 nitrogen and oxygen atoms in total. The lowest BCUT2D eigenvalue weighted by molar-refractivity contribution is 0.221.